The van der Waals surface area contributed by atoms with Crippen LogP contribution in [0.3, 0.4) is 0 Å². The lowest BCUT2D eigenvalue weighted by atomic mass is 10.2. The van der Waals surface area contributed by atoms with Gasteiger partial charge in [0.25, 0.3) is 0 Å². The molecule has 2 aromatic carbocycles. The van der Waals surface area contributed by atoms with Crippen molar-refractivity contribution in [3.05, 3.63) is 65.5 Å². The predicted molar refractivity (Wildman–Crippen MR) is 83.5 cm³/mol. The minimum Gasteiger partial charge on any atom is -0.496 e. The van der Waals surface area contributed by atoms with Crippen molar-refractivity contribution in [2.75, 3.05) is 14.2 Å². The fourth-order valence-electron chi connectivity index (χ4n) is 2.07. The van der Waals surface area contributed by atoms with E-state index in [1.165, 1.54) is 35.6 Å². The first-order valence-corrected chi connectivity index (χ1v) is 8.33. The molecule has 0 aliphatic carbocycles. The van der Waals surface area contributed by atoms with Crippen molar-refractivity contribution < 1.29 is 17.5 Å². The molecule has 2 aromatic rings. The van der Waals surface area contributed by atoms with Crippen LogP contribution in [0, 0.1) is 5.82 Å². The molecule has 0 unspecified atom stereocenters. The average molecular weight is 323 g/mol. The van der Waals surface area contributed by atoms with Crippen LogP contribution < -0.4 is 4.74 Å². The van der Waals surface area contributed by atoms with Gasteiger partial charge in [0.05, 0.1) is 12.9 Å². The number of para-hydroxylation sites is 1. The highest BCUT2D eigenvalue weighted by Crippen LogP contribution is 2.21. The minimum absolute atomic E-state index is 0.168. The van der Waals surface area contributed by atoms with E-state index in [0.29, 0.717) is 11.3 Å². The van der Waals surface area contributed by atoms with Crippen LogP contribution in [0.5, 0.6) is 5.75 Å². The Hall–Kier alpha value is -1.92. The standard InChI is InChI=1S/C16H18FNO3S/c1-18(11-14-5-3-4-6-16(14)21-2)22(19,20)12-13-7-9-15(17)10-8-13/h3-10H,11-12H2,1-2H3. The number of ether oxygens (including phenoxy) is 1. The number of sulfonamides is 1. The van der Waals surface area contributed by atoms with Gasteiger partial charge in [-0.05, 0) is 23.8 Å². The van der Waals surface area contributed by atoms with Crippen molar-refractivity contribution in [2.45, 2.75) is 12.3 Å². The number of benzene rings is 2. The van der Waals surface area contributed by atoms with Crippen molar-refractivity contribution in [1.82, 2.24) is 4.31 Å². The maximum absolute atomic E-state index is 12.9. The van der Waals surface area contributed by atoms with Gasteiger partial charge in [0, 0.05) is 19.2 Å². The zero-order valence-corrected chi connectivity index (χ0v) is 13.3. The van der Waals surface area contributed by atoms with Crippen molar-refractivity contribution in [2.24, 2.45) is 0 Å². The third kappa shape index (κ3) is 4.05. The van der Waals surface area contributed by atoms with Gasteiger partial charge in [-0.25, -0.2) is 17.1 Å². The van der Waals surface area contributed by atoms with Crippen LogP contribution >= 0.6 is 0 Å². The van der Waals surface area contributed by atoms with Gasteiger partial charge in [-0.2, -0.15) is 0 Å². The molecule has 0 fully saturated rings. The summed E-state index contributed by atoms with van der Waals surface area (Å²) in [5, 5.41) is 0. The number of methoxy groups -OCH3 is 1. The Morgan fingerprint density at radius 1 is 1.09 bits per heavy atom. The lowest BCUT2D eigenvalue weighted by Gasteiger charge is -2.18. The maximum Gasteiger partial charge on any atom is 0.218 e. The van der Waals surface area contributed by atoms with Gasteiger partial charge in [-0.1, -0.05) is 30.3 Å². The van der Waals surface area contributed by atoms with Gasteiger partial charge in [-0.3, -0.25) is 0 Å². The first-order valence-electron chi connectivity index (χ1n) is 6.73. The van der Waals surface area contributed by atoms with E-state index in [9.17, 15) is 12.8 Å². The van der Waals surface area contributed by atoms with Gasteiger partial charge >= 0.3 is 0 Å². The quantitative estimate of drug-likeness (QED) is 0.821. The summed E-state index contributed by atoms with van der Waals surface area (Å²) < 4.78 is 44.1. The molecule has 0 saturated carbocycles. The molecule has 0 heterocycles. The molecule has 0 amide bonds. The Labute approximate surface area is 130 Å². The van der Waals surface area contributed by atoms with E-state index in [4.69, 9.17) is 4.74 Å². The number of halogens is 1. The highest BCUT2D eigenvalue weighted by atomic mass is 32.2. The third-order valence-electron chi connectivity index (χ3n) is 3.32. The molecule has 0 aliphatic heterocycles. The van der Waals surface area contributed by atoms with Crippen molar-refractivity contribution in [3.8, 4) is 5.75 Å². The molecule has 0 spiro atoms. The topological polar surface area (TPSA) is 46.6 Å². The summed E-state index contributed by atoms with van der Waals surface area (Å²) in [7, 11) is -0.427. The van der Waals surface area contributed by atoms with Crippen molar-refractivity contribution in [3.63, 3.8) is 0 Å². The normalized spacial score (nSPS) is 11.6. The van der Waals surface area contributed by atoms with Gasteiger partial charge in [0.1, 0.15) is 11.6 Å². The van der Waals surface area contributed by atoms with E-state index in [-0.39, 0.29) is 18.1 Å². The molecule has 0 N–H and O–H groups in total. The van der Waals surface area contributed by atoms with Crippen molar-refractivity contribution >= 4 is 10.0 Å². The van der Waals surface area contributed by atoms with Crippen LogP contribution in [0.4, 0.5) is 4.39 Å². The second kappa shape index (κ2) is 6.89. The summed E-state index contributed by atoms with van der Waals surface area (Å²) in [5.41, 5.74) is 1.34. The molecule has 118 valence electrons. The number of nitrogens with zero attached hydrogens (tertiary/aromatic N) is 1. The van der Waals surface area contributed by atoms with Crippen LogP contribution in [0.15, 0.2) is 48.5 Å². The largest absolute Gasteiger partial charge is 0.496 e. The Morgan fingerprint density at radius 2 is 1.73 bits per heavy atom. The smallest absolute Gasteiger partial charge is 0.218 e. The lowest BCUT2D eigenvalue weighted by Crippen LogP contribution is -2.28. The summed E-state index contributed by atoms with van der Waals surface area (Å²) >= 11 is 0. The van der Waals surface area contributed by atoms with Crippen LogP contribution in [-0.4, -0.2) is 26.9 Å². The zero-order valence-electron chi connectivity index (χ0n) is 12.5. The van der Waals surface area contributed by atoms with Gasteiger partial charge in [-0.15, -0.1) is 0 Å². The maximum atomic E-state index is 12.9. The Kier molecular flexibility index (Phi) is 5.15. The first-order chi connectivity index (χ1) is 10.4. The zero-order chi connectivity index (χ0) is 16.2. The molecule has 0 saturated heterocycles. The molecule has 0 atom stereocenters. The average Bonchev–Trinajstić information content (AvgIpc) is 2.50. The summed E-state index contributed by atoms with van der Waals surface area (Å²) in [6.45, 7) is 0.216. The lowest BCUT2D eigenvalue weighted by molar-refractivity contribution is 0.398. The monoisotopic (exact) mass is 323 g/mol. The summed E-state index contributed by atoms with van der Waals surface area (Å²) in [6.07, 6.45) is 0. The van der Waals surface area contributed by atoms with Crippen LogP contribution in [0.2, 0.25) is 0 Å². The van der Waals surface area contributed by atoms with Crippen molar-refractivity contribution in [1.29, 1.82) is 0 Å². The Balaban J connectivity index is 2.13. The van der Waals surface area contributed by atoms with Crippen LogP contribution in [0.1, 0.15) is 11.1 Å². The fraction of sp³-hybridized carbons (Fsp3) is 0.250. The fourth-order valence-corrected chi connectivity index (χ4v) is 3.24. The van der Waals surface area contributed by atoms with Gasteiger partial charge in [0.15, 0.2) is 0 Å². The Morgan fingerprint density at radius 3 is 2.36 bits per heavy atom. The number of rotatable bonds is 6. The first kappa shape index (κ1) is 16.5. The molecule has 4 nitrogen and oxygen atoms in total. The predicted octanol–water partition coefficient (Wildman–Crippen LogP) is 2.80. The van der Waals surface area contributed by atoms with E-state index < -0.39 is 10.0 Å². The van der Waals surface area contributed by atoms with Gasteiger partial charge in [0.2, 0.25) is 10.0 Å². The SMILES string of the molecule is COc1ccccc1CN(C)S(=O)(=O)Cc1ccc(F)cc1. The molecule has 22 heavy (non-hydrogen) atoms. The van der Waals surface area contributed by atoms with Crippen LogP contribution in [-0.2, 0) is 22.3 Å². The summed E-state index contributed by atoms with van der Waals surface area (Å²) in [5.74, 6) is 0.0914. The molecule has 2 rings (SSSR count). The van der Waals surface area contributed by atoms with E-state index in [2.05, 4.69) is 0 Å². The van der Waals surface area contributed by atoms with E-state index in [0.717, 1.165) is 5.56 Å². The van der Waals surface area contributed by atoms with E-state index >= 15 is 0 Å². The molecular formula is C16H18FNO3S. The number of hydrogen-bond acceptors (Lipinski definition) is 3. The molecule has 0 radical (unpaired) electrons. The molecule has 0 aromatic heterocycles. The highest BCUT2D eigenvalue weighted by molar-refractivity contribution is 7.88. The van der Waals surface area contributed by atoms with Gasteiger partial charge < -0.3 is 4.74 Å². The van der Waals surface area contributed by atoms with E-state index in [1.54, 1.807) is 13.2 Å². The molecular weight excluding hydrogens is 305 g/mol. The van der Waals surface area contributed by atoms with E-state index in [1.807, 2.05) is 18.2 Å². The van der Waals surface area contributed by atoms with Crippen LogP contribution in [0.25, 0.3) is 0 Å². The summed E-state index contributed by atoms with van der Waals surface area (Å²) in [6, 6.07) is 12.7. The second-order valence-electron chi connectivity index (χ2n) is 4.95. The minimum atomic E-state index is -3.49. The molecule has 0 aliphatic rings. The second-order valence-corrected chi connectivity index (χ2v) is 7.03. The Bertz CT molecular complexity index is 729. The molecule has 0 bridgehead atoms. The number of hydrogen-bond donors (Lipinski definition) is 0. The highest BCUT2D eigenvalue weighted by Gasteiger charge is 2.20. The molecule has 6 heteroatoms. The third-order valence-corrected chi connectivity index (χ3v) is 5.10. The summed E-state index contributed by atoms with van der Waals surface area (Å²) in [4.78, 5) is 0.